The van der Waals surface area contributed by atoms with Gasteiger partial charge in [-0.2, -0.15) is 0 Å². The van der Waals surface area contributed by atoms with Crippen LogP contribution in [0, 0.1) is 10.8 Å². The molecule has 1 fully saturated rings. The predicted octanol–water partition coefficient (Wildman–Crippen LogP) is 2.83. The van der Waals surface area contributed by atoms with Gasteiger partial charge in [-0.3, -0.25) is 0 Å². The first kappa shape index (κ1) is 13.0. The van der Waals surface area contributed by atoms with Crippen molar-refractivity contribution in [1.82, 2.24) is 5.32 Å². The highest BCUT2D eigenvalue weighted by atomic mass is 16.5. The van der Waals surface area contributed by atoms with Gasteiger partial charge in [-0.05, 0) is 17.3 Å². The van der Waals surface area contributed by atoms with Crippen LogP contribution in [0.25, 0.3) is 0 Å². The Morgan fingerprint density at radius 1 is 1.00 bits per heavy atom. The Kier molecular flexibility index (Phi) is 3.83. The maximum Gasteiger partial charge on any atom is 0.0747 e. The third kappa shape index (κ3) is 3.76. The van der Waals surface area contributed by atoms with Crippen LogP contribution in [0.5, 0.6) is 0 Å². The van der Waals surface area contributed by atoms with Crippen LogP contribution in [0.4, 0.5) is 0 Å². The molecular formula is C13H27NO. The molecule has 2 atom stereocenters. The van der Waals surface area contributed by atoms with Crippen molar-refractivity contribution in [3.8, 4) is 0 Å². The third-order valence-electron chi connectivity index (χ3n) is 3.29. The molecule has 0 aliphatic carbocycles. The van der Waals surface area contributed by atoms with E-state index >= 15 is 0 Å². The zero-order valence-electron chi connectivity index (χ0n) is 11.2. The summed E-state index contributed by atoms with van der Waals surface area (Å²) < 4.78 is 5.93. The van der Waals surface area contributed by atoms with Crippen molar-refractivity contribution >= 4 is 0 Å². The van der Waals surface area contributed by atoms with Gasteiger partial charge in [-0.15, -0.1) is 0 Å². The van der Waals surface area contributed by atoms with Gasteiger partial charge in [-0.25, -0.2) is 0 Å². The summed E-state index contributed by atoms with van der Waals surface area (Å²) >= 11 is 0. The quantitative estimate of drug-likeness (QED) is 0.668. The molecule has 0 spiro atoms. The second-order valence-electron chi connectivity index (χ2n) is 6.84. The van der Waals surface area contributed by atoms with E-state index in [-0.39, 0.29) is 5.41 Å². The van der Waals surface area contributed by atoms with E-state index < -0.39 is 0 Å². The molecule has 1 N–H and O–H groups in total. The highest BCUT2D eigenvalue weighted by molar-refractivity contribution is 4.86. The van der Waals surface area contributed by atoms with E-state index in [1.165, 1.54) is 0 Å². The molecule has 2 heteroatoms. The molecular weight excluding hydrogens is 186 g/mol. The average molecular weight is 213 g/mol. The monoisotopic (exact) mass is 213 g/mol. The summed E-state index contributed by atoms with van der Waals surface area (Å²) in [5.41, 5.74) is 0.565. The van der Waals surface area contributed by atoms with E-state index in [4.69, 9.17) is 4.74 Å². The lowest BCUT2D eigenvalue weighted by Crippen LogP contribution is -2.44. The molecule has 15 heavy (non-hydrogen) atoms. The smallest absolute Gasteiger partial charge is 0.0747 e. The van der Waals surface area contributed by atoms with E-state index in [2.05, 4.69) is 46.9 Å². The van der Waals surface area contributed by atoms with Gasteiger partial charge in [-0.1, -0.05) is 41.5 Å². The number of ether oxygens (including phenoxy) is 1. The van der Waals surface area contributed by atoms with Crippen molar-refractivity contribution < 1.29 is 4.74 Å². The summed E-state index contributed by atoms with van der Waals surface area (Å²) in [7, 11) is 0. The Morgan fingerprint density at radius 3 is 2.07 bits per heavy atom. The Bertz CT molecular complexity index is 178. The number of rotatable bonds is 0. The minimum Gasteiger partial charge on any atom is -0.376 e. The summed E-state index contributed by atoms with van der Waals surface area (Å²) in [6, 6.07) is 0.574. The van der Waals surface area contributed by atoms with Gasteiger partial charge in [0.05, 0.1) is 6.10 Å². The van der Waals surface area contributed by atoms with Crippen LogP contribution < -0.4 is 5.32 Å². The molecule has 0 radical (unpaired) electrons. The molecule has 0 aromatic rings. The van der Waals surface area contributed by atoms with Gasteiger partial charge < -0.3 is 10.1 Å². The topological polar surface area (TPSA) is 21.3 Å². The first-order valence-electron chi connectivity index (χ1n) is 6.06. The minimum atomic E-state index is 0.236. The second-order valence-corrected chi connectivity index (χ2v) is 6.84. The van der Waals surface area contributed by atoms with Crippen LogP contribution in [-0.4, -0.2) is 25.3 Å². The lowest BCUT2D eigenvalue weighted by atomic mass is 9.84. The van der Waals surface area contributed by atoms with Gasteiger partial charge in [0.1, 0.15) is 0 Å². The molecule has 1 rings (SSSR count). The highest BCUT2D eigenvalue weighted by Gasteiger charge is 2.32. The molecule has 0 saturated carbocycles. The predicted molar refractivity (Wildman–Crippen MR) is 65.1 cm³/mol. The maximum absolute atomic E-state index is 5.93. The minimum absolute atomic E-state index is 0.236. The molecule has 1 aliphatic heterocycles. The zero-order chi connectivity index (χ0) is 11.7. The first-order chi connectivity index (χ1) is 6.71. The molecule has 0 amide bonds. The van der Waals surface area contributed by atoms with E-state index in [1.54, 1.807) is 0 Å². The molecule has 1 heterocycles. The summed E-state index contributed by atoms with van der Waals surface area (Å²) in [5, 5.41) is 3.65. The number of hydrogen-bond donors (Lipinski definition) is 1. The zero-order valence-corrected chi connectivity index (χ0v) is 11.2. The molecule has 0 bridgehead atoms. The second kappa shape index (κ2) is 4.42. The fourth-order valence-corrected chi connectivity index (χ4v) is 2.03. The van der Waals surface area contributed by atoms with Gasteiger partial charge in [0.25, 0.3) is 0 Å². The first-order valence-corrected chi connectivity index (χ1v) is 6.06. The van der Waals surface area contributed by atoms with Crippen molar-refractivity contribution in [2.45, 2.75) is 60.1 Å². The fourth-order valence-electron chi connectivity index (χ4n) is 2.03. The summed E-state index contributed by atoms with van der Waals surface area (Å²) in [6.45, 7) is 15.5. The van der Waals surface area contributed by atoms with Crippen LogP contribution in [0.2, 0.25) is 0 Å². The summed E-state index contributed by atoms with van der Waals surface area (Å²) in [5.74, 6) is 0. The van der Waals surface area contributed by atoms with Crippen molar-refractivity contribution in [3.05, 3.63) is 0 Å². The van der Waals surface area contributed by atoms with Gasteiger partial charge in [0, 0.05) is 19.2 Å². The lowest BCUT2D eigenvalue weighted by Gasteiger charge is -2.32. The van der Waals surface area contributed by atoms with Crippen LogP contribution in [0.15, 0.2) is 0 Å². The molecule has 90 valence electrons. The van der Waals surface area contributed by atoms with Crippen LogP contribution >= 0.6 is 0 Å². The standard InChI is InChI=1S/C13H27NO/c1-12(2,3)10-7-8-15-11(9-14-10)13(4,5)6/h10-11,14H,7-9H2,1-6H3. The number of hydrogen-bond acceptors (Lipinski definition) is 2. The van der Waals surface area contributed by atoms with Crippen molar-refractivity contribution in [2.24, 2.45) is 10.8 Å². The summed E-state index contributed by atoms with van der Waals surface area (Å²) in [4.78, 5) is 0. The maximum atomic E-state index is 5.93. The van der Waals surface area contributed by atoms with Crippen molar-refractivity contribution in [3.63, 3.8) is 0 Å². The Morgan fingerprint density at radius 2 is 1.60 bits per heavy atom. The molecule has 1 saturated heterocycles. The highest BCUT2D eigenvalue weighted by Crippen LogP contribution is 2.28. The molecule has 2 nitrogen and oxygen atoms in total. The van der Waals surface area contributed by atoms with E-state index in [9.17, 15) is 0 Å². The van der Waals surface area contributed by atoms with Crippen molar-refractivity contribution in [1.29, 1.82) is 0 Å². The summed E-state index contributed by atoms with van der Waals surface area (Å²) in [6.07, 6.45) is 1.46. The molecule has 0 aromatic heterocycles. The Hall–Kier alpha value is -0.0800. The molecule has 2 unspecified atom stereocenters. The van der Waals surface area contributed by atoms with E-state index in [0.717, 1.165) is 19.6 Å². The molecule has 0 aromatic carbocycles. The van der Waals surface area contributed by atoms with Gasteiger partial charge in [0.15, 0.2) is 0 Å². The van der Waals surface area contributed by atoms with Crippen LogP contribution in [0.3, 0.4) is 0 Å². The van der Waals surface area contributed by atoms with Gasteiger partial charge >= 0.3 is 0 Å². The normalized spacial score (nSPS) is 30.0. The fraction of sp³-hybridized carbons (Fsp3) is 1.00. The van der Waals surface area contributed by atoms with E-state index in [0.29, 0.717) is 17.6 Å². The van der Waals surface area contributed by atoms with E-state index in [1.807, 2.05) is 0 Å². The third-order valence-corrected chi connectivity index (χ3v) is 3.29. The lowest BCUT2D eigenvalue weighted by molar-refractivity contribution is -0.00584. The van der Waals surface area contributed by atoms with Crippen LogP contribution in [0.1, 0.15) is 48.0 Å². The largest absolute Gasteiger partial charge is 0.376 e. The van der Waals surface area contributed by atoms with Crippen molar-refractivity contribution in [2.75, 3.05) is 13.2 Å². The Labute approximate surface area is 94.8 Å². The Balaban J connectivity index is 2.57. The molecule has 1 aliphatic rings. The average Bonchev–Trinajstić information content (AvgIpc) is 2.24. The van der Waals surface area contributed by atoms with Gasteiger partial charge in [0.2, 0.25) is 0 Å². The SMILES string of the molecule is CC(C)(C)C1CCOC(C(C)(C)C)CN1. The van der Waals surface area contributed by atoms with Crippen LogP contribution in [-0.2, 0) is 4.74 Å². The number of nitrogens with one attached hydrogen (secondary N) is 1.